The van der Waals surface area contributed by atoms with Gasteiger partial charge < -0.3 is 10.0 Å². The van der Waals surface area contributed by atoms with Gasteiger partial charge in [-0.1, -0.05) is 13.0 Å². The maximum atomic E-state index is 12.1. The molecule has 4 nitrogen and oxygen atoms in total. The van der Waals surface area contributed by atoms with E-state index < -0.39 is 12.0 Å². The summed E-state index contributed by atoms with van der Waals surface area (Å²) in [6, 6.07) is -0.691. The summed E-state index contributed by atoms with van der Waals surface area (Å²) in [5.74, 6) is -0.198. The summed E-state index contributed by atoms with van der Waals surface area (Å²) < 4.78 is 0. The fraction of sp³-hybridized carbons (Fsp3) is 0.667. The minimum absolute atomic E-state index is 0.0811. The van der Waals surface area contributed by atoms with Crippen molar-refractivity contribution in [3.05, 3.63) is 12.3 Å². The van der Waals surface area contributed by atoms with Crippen molar-refractivity contribution in [2.75, 3.05) is 12.0 Å². The zero-order valence-corrected chi connectivity index (χ0v) is 11.1. The molecule has 0 saturated carbocycles. The third-order valence-electron chi connectivity index (χ3n) is 2.92. The normalized spacial score (nSPS) is 21.3. The molecule has 17 heavy (non-hydrogen) atoms. The number of nitrogens with zero attached hydrogens (tertiary/aromatic N) is 1. The summed E-state index contributed by atoms with van der Waals surface area (Å²) in [6.45, 7) is 1.86. The predicted octanol–water partition coefficient (Wildman–Crippen LogP) is 1.96. The number of thioether (sulfide) groups is 1. The summed E-state index contributed by atoms with van der Waals surface area (Å²) in [5, 5.41) is 9.08. The van der Waals surface area contributed by atoms with Crippen molar-refractivity contribution in [2.45, 2.75) is 32.2 Å². The lowest BCUT2D eigenvalue weighted by molar-refractivity contribution is -0.149. The zero-order valence-electron chi connectivity index (χ0n) is 10.3. The van der Waals surface area contributed by atoms with Crippen molar-refractivity contribution in [3.63, 3.8) is 0 Å². The number of hydrogen-bond acceptors (Lipinski definition) is 3. The molecule has 0 aromatic heterocycles. The maximum Gasteiger partial charge on any atom is 0.326 e. The van der Waals surface area contributed by atoms with Crippen molar-refractivity contribution in [3.8, 4) is 0 Å². The highest BCUT2D eigenvalue weighted by Gasteiger charge is 2.31. The molecule has 0 radical (unpaired) electrons. The van der Waals surface area contributed by atoms with Gasteiger partial charge in [0.15, 0.2) is 0 Å². The van der Waals surface area contributed by atoms with Gasteiger partial charge in [0, 0.05) is 12.1 Å². The van der Waals surface area contributed by atoms with Crippen LogP contribution in [0, 0.1) is 5.92 Å². The fourth-order valence-corrected chi connectivity index (χ4v) is 2.42. The van der Waals surface area contributed by atoms with Gasteiger partial charge in [0.1, 0.15) is 6.04 Å². The summed E-state index contributed by atoms with van der Waals surface area (Å²) in [7, 11) is 0. The van der Waals surface area contributed by atoms with Crippen molar-refractivity contribution >= 4 is 23.6 Å². The van der Waals surface area contributed by atoms with Crippen molar-refractivity contribution < 1.29 is 14.7 Å². The van der Waals surface area contributed by atoms with Crippen molar-refractivity contribution in [2.24, 2.45) is 5.92 Å². The van der Waals surface area contributed by atoms with Crippen LogP contribution < -0.4 is 0 Å². The van der Waals surface area contributed by atoms with Crippen LogP contribution in [0.5, 0.6) is 0 Å². The van der Waals surface area contributed by atoms with Crippen LogP contribution in [0.4, 0.5) is 0 Å². The number of amides is 1. The number of hydrogen-bond donors (Lipinski definition) is 1. The molecule has 1 rings (SSSR count). The van der Waals surface area contributed by atoms with Gasteiger partial charge in [-0.3, -0.25) is 4.79 Å². The Balaban J connectivity index is 2.67. The molecule has 2 atom stereocenters. The number of carbonyl (C=O) groups excluding carboxylic acids is 1. The Morgan fingerprint density at radius 2 is 2.29 bits per heavy atom. The van der Waals surface area contributed by atoms with Gasteiger partial charge in [0.25, 0.3) is 0 Å². The average molecular weight is 257 g/mol. The van der Waals surface area contributed by atoms with E-state index in [1.165, 1.54) is 4.90 Å². The summed E-state index contributed by atoms with van der Waals surface area (Å²) >= 11 is 1.70. The molecular weight excluding hydrogens is 238 g/mol. The second-order valence-corrected chi connectivity index (χ2v) is 5.23. The first-order valence-corrected chi connectivity index (χ1v) is 7.18. The van der Waals surface area contributed by atoms with Crippen LogP contribution in [-0.2, 0) is 9.59 Å². The SMILES string of the molecule is CSCC[C@H](C)C(=O)N1C=CCCC1C(=O)O. The van der Waals surface area contributed by atoms with Gasteiger partial charge in [-0.15, -0.1) is 0 Å². The second kappa shape index (κ2) is 6.69. The van der Waals surface area contributed by atoms with Crippen LogP contribution in [0.3, 0.4) is 0 Å². The highest BCUT2D eigenvalue weighted by Crippen LogP contribution is 2.20. The van der Waals surface area contributed by atoms with E-state index in [1.54, 1.807) is 18.0 Å². The first kappa shape index (κ1) is 14.1. The number of rotatable bonds is 5. The van der Waals surface area contributed by atoms with Gasteiger partial charge in [0.2, 0.25) is 5.91 Å². The lowest BCUT2D eigenvalue weighted by atomic mass is 10.0. The highest BCUT2D eigenvalue weighted by atomic mass is 32.2. The number of carbonyl (C=O) groups is 2. The van der Waals surface area contributed by atoms with Gasteiger partial charge in [-0.25, -0.2) is 4.79 Å². The Morgan fingerprint density at radius 1 is 1.59 bits per heavy atom. The zero-order chi connectivity index (χ0) is 12.8. The third kappa shape index (κ3) is 3.77. The standard InChI is InChI=1S/C12H19NO3S/c1-9(6-8-17-2)11(14)13-7-4-3-5-10(13)12(15)16/h4,7,9-10H,3,5-6,8H2,1-2H3,(H,15,16)/t9-,10?/m0/s1. The Labute approximate surface area is 106 Å². The van der Waals surface area contributed by atoms with E-state index in [1.807, 2.05) is 19.3 Å². The van der Waals surface area contributed by atoms with Crippen LogP contribution >= 0.6 is 11.8 Å². The van der Waals surface area contributed by atoms with Gasteiger partial charge in [-0.2, -0.15) is 11.8 Å². The Hall–Kier alpha value is -0.970. The van der Waals surface area contributed by atoms with E-state index in [0.717, 1.165) is 18.6 Å². The average Bonchev–Trinajstić information content (AvgIpc) is 2.34. The van der Waals surface area contributed by atoms with Crippen molar-refractivity contribution in [1.29, 1.82) is 0 Å². The topological polar surface area (TPSA) is 57.6 Å². The minimum atomic E-state index is -0.917. The molecule has 96 valence electrons. The first-order valence-electron chi connectivity index (χ1n) is 5.78. The smallest absolute Gasteiger partial charge is 0.326 e. The molecule has 1 unspecified atom stereocenters. The molecule has 0 fully saturated rings. The van der Waals surface area contributed by atoms with Crippen LogP contribution in [-0.4, -0.2) is 39.9 Å². The van der Waals surface area contributed by atoms with Crippen LogP contribution in [0.1, 0.15) is 26.2 Å². The first-order chi connectivity index (χ1) is 8.07. The lowest BCUT2D eigenvalue weighted by Gasteiger charge is -2.30. The van der Waals surface area contributed by atoms with E-state index in [4.69, 9.17) is 5.11 Å². The molecule has 1 aliphatic heterocycles. The number of carboxylic acid groups (broad SMARTS) is 1. The van der Waals surface area contributed by atoms with Gasteiger partial charge in [-0.05, 0) is 31.3 Å². The molecule has 5 heteroatoms. The number of aliphatic carboxylic acids is 1. The Kier molecular flexibility index (Phi) is 5.55. The quantitative estimate of drug-likeness (QED) is 0.818. The van der Waals surface area contributed by atoms with Crippen LogP contribution in [0.25, 0.3) is 0 Å². The minimum Gasteiger partial charge on any atom is -0.480 e. The molecule has 0 aliphatic carbocycles. The fourth-order valence-electron chi connectivity index (χ4n) is 1.83. The summed E-state index contributed by atoms with van der Waals surface area (Å²) in [6.07, 6.45) is 7.50. The van der Waals surface area contributed by atoms with E-state index in [9.17, 15) is 9.59 Å². The van der Waals surface area contributed by atoms with Gasteiger partial charge >= 0.3 is 5.97 Å². The van der Waals surface area contributed by atoms with Crippen LogP contribution in [0.2, 0.25) is 0 Å². The molecule has 0 aromatic rings. The van der Waals surface area contributed by atoms with Gasteiger partial charge in [0.05, 0.1) is 0 Å². The molecule has 1 N–H and O–H groups in total. The largest absolute Gasteiger partial charge is 0.480 e. The maximum absolute atomic E-state index is 12.1. The summed E-state index contributed by atoms with van der Waals surface area (Å²) in [4.78, 5) is 24.6. The van der Waals surface area contributed by atoms with E-state index in [0.29, 0.717) is 6.42 Å². The van der Waals surface area contributed by atoms with E-state index in [-0.39, 0.29) is 11.8 Å². The predicted molar refractivity (Wildman–Crippen MR) is 68.8 cm³/mol. The van der Waals surface area contributed by atoms with E-state index >= 15 is 0 Å². The third-order valence-corrected chi connectivity index (χ3v) is 3.57. The molecular formula is C12H19NO3S. The molecule has 0 bridgehead atoms. The molecule has 0 aromatic carbocycles. The lowest BCUT2D eigenvalue weighted by Crippen LogP contribution is -2.45. The number of allylic oxidation sites excluding steroid dienone is 1. The monoisotopic (exact) mass is 257 g/mol. The number of carboxylic acids is 1. The Bertz CT molecular complexity index is 317. The van der Waals surface area contributed by atoms with Crippen molar-refractivity contribution in [1.82, 2.24) is 4.90 Å². The molecule has 1 aliphatic rings. The molecule has 1 heterocycles. The molecule has 0 saturated heterocycles. The van der Waals surface area contributed by atoms with E-state index in [2.05, 4.69) is 0 Å². The summed E-state index contributed by atoms with van der Waals surface area (Å²) in [5.41, 5.74) is 0. The molecule has 0 spiro atoms. The Morgan fingerprint density at radius 3 is 2.88 bits per heavy atom. The molecule has 1 amide bonds. The second-order valence-electron chi connectivity index (χ2n) is 4.24. The van der Waals surface area contributed by atoms with Crippen LogP contribution in [0.15, 0.2) is 12.3 Å². The highest BCUT2D eigenvalue weighted by molar-refractivity contribution is 7.98.